The number of furan rings is 1. The number of hydrogen-bond acceptors (Lipinski definition) is 4. The number of benzene rings is 1. The first-order valence-electron chi connectivity index (χ1n) is 6.38. The monoisotopic (exact) mass is 502 g/mol. The van der Waals surface area contributed by atoms with Gasteiger partial charge in [0.2, 0.25) is 0 Å². The Kier molecular flexibility index (Phi) is 4.64. The van der Waals surface area contributed by atoms with Crippen LogP contribution in [0, 0.1) is 3.77 Å². The van der Waals surface area contributed by atoms with E-state index in [0.29, 0.717) is 15.2 Å². The van der Waals surface area contributed by atoms with Gasteiger partial charge >= 0.3 is 0 Å². The van der Waals surface area contributed by atoms with E-state index >= 15 is 0 Å². The lowest BCUT2D eigenvalue weighted by Gasteiger charge is -2.28. The molecule has 1 fully saturated rings. The predicted octanol–water partition coefficient (Wildman–Crippen LogP) is 3.48. The van der Waals surface area contributed by atoms with Gasteiger partial charge in [-0.05, 0) is 71.2 Å². The Balaban J connectivity index is 2.02. The van der Waals surface area contributed by atoms with Crippen LogP contribution in [-0.2, 0) is 9.59 Å². The standard InChI is InChI=1S/C15H8BrIN2O3S/c16-8-2-1-3-9(6-8)19-14(21)11(13(20)18-15(19)23)7-10-4-5-12(17)22-10/h1-7H,(H,18,20,23)/b11-7+. The molecule has 0 radical (unpaired) electrons. The van der Waals surface area contributed by atoms with Crippen LogP contribution in [0.4, 0.5) is 5.69 Å². The first-order valence-corrected chi connectivity index (χ1v) is 8.66. The minimum absolute atomic E-state index is 0.0377. The summed E-state index contributed by atoms with van der Waals surface area (Å²) in [4.78, 5) is 26.1. The van der Waals surface area contributed by atoms with Gasteiger partial charge in [-0.3, -0.25) is 19.8 Å². The highest BCUT2D eigenvalue weighted by Gasteiger charge is 2.34. The van der Waals surface area contributed by atoms with Gasteiger partial charge in [-0.2, -0.15) is 0 Å². The minimum atomic E-state index is -0.544. The molecule has 3 rings (SSSR count). The molecule has 0 bridgehead atoms. The number of rotatable bonds is 2. The Morgan fingerprint density at radius 2 is 2.04 bits per heavy atom. The van der Waals surface area contributed by atoms with Gasteiger partial charge in [-0.15, -0.1) is 0 Å². The average Bonchev–Trinajstić information content (AvgIpc) is 2.89. The van der Waals surface area contributed by atoms with Crippen molar-refractivity contribution in [1.82, 2.24) is 5.32 Å². The van der Waals surface area contributed by atoms with Crippen molar-refractivity contribution in [1.29, 1.82) is 0 Å². The van der Waals surface area contributed by atoms with Crippen LogP contribution in [0.5, 0.6) is 0 Å². The molecule has 2 aromatic rings. The maximum Gasteiger partial charge on any atom is 0.270 e. The van der Waals surface area contributed by atoms with Crippen molar-refractivity contribution < 1.29 is 14.0 Å². The predicted molar refractivity (Wildman–Crippen MR) is 102 cm³/mol. The van der Waals surface area contributed by atoms with Crippen molar-refractivity contribution in [3.05, 3.63) is 56.0 Å². The second kappa shape index (κ2) is 6.54. The van der Waals surface area contributed by atoms with Crippen LogP contribution in [0.1, 0.15) is 5.76 Å². The van der Waals surface area contributed by atoms with Crippen LogP contribution in [0.2, 0.25) is 0 Å². The fourth-order valence-electron chi connectivity index (χ4n) is 2.06. The largest absolute Gasteiger partial charge is 0.451 e. The van der Waals surface area contributed by atoms with Gasteiger partial charge in [-0.25, -0.2) is 0 Å². The summed E-state index contributed by atoms with van der Waals surface area (Å²) in [7, 11) is 0. The van der Waals surface area contributed by atoms with E-state index in [2.05, 4.69) is 21.2 Å². The molecule has 0 spiro atoms. The smallest absolute Gasteiger partial charge is 0.270 e. The highest BCUT2D eigenvalue weighted by atomic mass is 127. The summed E-state index contributed by atoms with van der Waals surface area (Å²) in [5.41, 5.74) is 0.527. The number of anilines is 1. The SMILES string of the molecule is O=C1NC(=S)N(c2cccc(Br)c2)C(=O)/C1=C/c1ccc(I)o1. The van der Waals surface area contributed by atoms with Crippen LogP contribution in [0.3, 0.4) is 0 Å². The molecule has 2 amide bonds. The number of amides is 2. The molecule has 1 aromatic carbocycles. The van der Waals surface area contributed by atoms with Gasteiger partial charge in [0.25, 0.3) is 11.8 Å². The molecule has 1 saturated heterocycles. The number of carbonyl (C=O) groups is 2. The third-order valence-electron chi connectivity index (χ3n) is 3.05. The molecule has 5 nitrogen and oxygen atoms in total. The van der Waals surface area contributed by atoms with E-state index in [1.807, 2.05) is 28.7 Å². The summed E-state index contributed by atoms with van der Waals surface area (Å²) < 4.78 is 6.85. The van der Waals surface area contributed by atoms with Gasteiger partial charge < -0.3 is 4.42 Å². The Labute approximate surface area is 159 Å². The number of nitrogens with one attached hydrogen (secondary N) is 1. The summed E-state index contributed by atoms with van der Waals surface area (Å²) in [6.07, 6.45) is 1.41. The molecule has 0 atom stereocenters. The Morgan fingerprint density at radius 3 is 2.70 bits per heavy atom. The normalized spacial score (nSPS) is 16.9. The van der Waals surface area contributed by atoms with E-state index in [1.165, 1.54) is 11.0 Å². The number of hydrogen-bond donors (Lipinski definition) is 1. The lowest BCUT2D eigenvalue weighted by atomic mass is 10.1. The molecular formula is C15H8BrIN2O3S. The van der Waals surface area contributed by atoms with Crippen molar-refractivity contribution in [3.63, 3.8) is 0 Å². The number of carbonyl (C=O) groups excluding carboxylic acids is 2. The molecule has 2 heterocycles. The molecule has 0 saturated carbocycles. The molecule has 1 aromatic heterocycles. The first kappa shape index (κ1) is 16.3. The van der Waals surface area contributed by atoms with Crippen LogP contribution in [0.25, 0.3) is 6.08 Å². The van der Waals surface area contributed by atoms with E-state index in [4.69, 9.17) is 16.6 Å². The van der Waals surface area contributed by atoms with E-state index in [1.54, 1.807) is 30.3 Å². The Bertz CT molecular complexity index is 862. The quantitative estimate of drug-likeness (QED) is 0.295. The highest BCUT2D eigenvalue weighted by molar-refractivity contribution is 14.1. The lowest BCUT2D eigenvalue weighted by molar-refractivity contribution is -0.122. The topological polar surface area (TPSA) is 62.6 Å². The second-order valence-electron chi connectivity index (χ2n) is 4.58. The molecule has 116 valence electrons. The van der Waals surface area contributed by atoms with Gasteiger partial charge in [0.1, 0.15) is 11.3 Å². The maximum atomic E-state index is 12.7. The van der Waals surface area contributed by atoms with Crippen molar-refractivity contribution in [3.8, 4) is 0 Å². The summed E-state index contributed by atoms with van der Waals surface area (Å²) in [6, 6.07) is 10.5. The lowest BCUT2D eigenvalue weighted by Crippen LogP contribution is -2.54. The van der Waals surface area contributed by atoms with Crippen LogP contribution in [-0.4, -0.2) is 16.9 Å². The third-order valence-corrected chi connectivity index (χ3v) is 4.41. The molecule has 1 aliphatic rings. The molecular weight excluding hydrogens is 495 g/mol. The van der Waals surface area contributed by atoms with Gasteiger partial charge in [-0.1, -0.05) is 22.0 Å². The molecule has 1 aliphatic heterocycles. The third kappa shape index (κ3) is 3.38. The summed E-state index contributed by atoms with van der Waals surface area (Å²) >= 11 is 10.5. The summed E-state index contributed by atoms with van der Waals surface area (Å²) in [5.74, 6) is -0.615. The zero-order chi connectivity index (χ0) is 16.6. The molecule has 0 aliphatic carbocycles. The summed E-state index contributed by atoms with van der Waals surface area (Å²) in [5, 5.41) is 2.57. The van der Waals surface area contributed by atoms with Gasteiger partial charge in [0.05, 0.1) is 5.69 Å². The van der Waals surface area contributed by atoms with E-state index in [-0.39, 0.29) is 10.7 Å². The van der Waals surface area contributed by atoms with Crippen LogP contribution >= 0.6 is 50.7 Å². The molecule has 8 heteroatoms. The van der Waals surface area contributed by atoms with Crippen molar-refractivity contribution in [2.75, 3.05) is 4.90 Å². The number of thiocarbonyl (C=S) groups is 1. The van der Waals surface area contributed by atoms with E-state index in [9.17, 15) is 9.59 Å². The van der Waals surface area contributed by atoms with Crippen LogP contribution in [0.15, 0.2) is 50.9 Å². The minimum Gasteiger partial charge on any atom is -0.451 e. The van der Waals surface area contributed by atoms with E-state index < -0.39 is 11.8 Å². The molecule has 23 heavy (non-hydrogen) atoms. The Morgan fingerprint density at radius 1 is 1.26 bits per heavy atom. The van der Waals surface area contributed by atoms with Crippen LogP contribution < -0.4 is 10.2 Å². The molecule has 0 unspecified atom stereocenters. The Hall–Kier alpha value is -1.52. The van der Waals surface area contributed by atoms with Crippen molar-refractivity contribution in [2.45, 2.75) is 0 Å². The zero-order valence-corrected chi connectivity index (χ0v) is 15.9. The first-order chi connectivity index (χ1) is 11.0. The van der Waals surface area contributed by atoms with E-state index in [0.717, 1.165) is 4.47 Å². The molecule has 1 N–H and O–H groups in total. The number of halogens is 2. The maximum absolute atomic E-state index is 12.7. The fraction of sp³-hybridized carbons (Fsp3) is 0. The van der Waals surface area contributed by atoms with Crippen molar-refractivity contribution >= 4 is 79.4 Å². The summed E-state index contributed by atoms with van der Waals surface area (Å²) in [6.45, 7) is 0. The second-order valence-corrected chi connectivity index (χ2v) is 6.95. The van der Waals surface area contributed by atoms with Crippen molar-refractivity contribution in [2.24, 2.45) is 0 Å². The zero-order valence-electron chi connectivity index (χ0n) is 11.4. The number of nitrogens with zero attached hydrogens (tertiary/aromatic N) is 1. The highest BCUT2D eigenvalue weighted by Crippen LogP contribution is 2.25. The average molecular weight is 503 g/mol. The fourth-order valence-corrected chi connectivity index (χ4v) is 3.16. The van der Waals surface area contributed by atoms with Gasteiger partial charge in [0.15, 0.2) is 8.88 Å². The van der Waals surface area contributed by atoms with Gasteiger partial charge in [0, 0.05) is 4.47 Å².